The highest BCUT2D eigenvalue weighted by molar-refractivity contribution is 6.36. The van der Waals surface area contributed by atoms with Gasteiger partial charge in [0.05, 0.1) is 10.0 Å². The summed E-state index contributed by atoms with van der Waals surface area (Å²) in [7, 11) is 0. The lowest BCUT2D eigenvalue weighted by molar-refractivity contribution is 0.0745. The zero-order valence-electron chi connectivity index (χ0n) is 16.6. The highest BCUT2D eigenvalue weighted by Gasteiger charge is 2.25. The van der Waals surface area contributed by atoms with Crippen LogP contribution in [0.3, 0.4) is 0 Å². The molecule has 0 atom stereocenters. The van der Waals surface area contributed by atoms with Gasteiger partial charge in [0, 0.05) is 37.9 Å². The van der Waals surface area contributed by atoms with Gasteiger partial charge < -0.3 is 9.80 Å². The van der Waals surface area contributed by atoms with Gasteiger partial charge in [-0.25, -0.2) is 4.98 Å². The smallest absolute Gasteiger partial charge is 0.254 e. The number of hydrogen-bond acceptors (Lipinski definition) is 3. The second-order valence-electron chi connectivity index (χ2n) is 7.38. The molecule has 0 bridgehead atoms. The number of aryl methyl sites for hydroxylation is 2. The van der Waals surface area contributed by atoms with Crippen LogP contribution >= 0.6 is 23.2 Å². The molecule has 154 valence electrons. The number of piperazine rings is 1. The number of rotatable bonds is 5. The molecule has 4 nitrogen and oxygen atoms in total. The van der Waals surface area contributed by atoms with Crippen LogP contribution in [0.2, 0.25) is 10.0 Å². The highest BCUT2D eigenvalue weighted by Crippen LogP contribution is 2.27. The van der Waals surface area contributed by atoms with Crippen LogP contribution in [0.15, 0.2) is 66.9 Å². The van der Waals surface area contributed by atoms with E-state index in [0.717, 1.165) is 29.8 Å². The molecule has 3 aromatic rings. The van der Waals surface area contributed by atoms with Gasteiger partial charge in [-0.3, -0.25) is 4.79 Å². The van der Waals surface area contributed by atoms with E-state index in [9.17, 15) is 4.79 Å². The van der Waals surface area contributed by atoms with Gasteiger partial charge in [-0.15, -0.1) is 0 Å². The minimum Gasteiger partial charge on any atom is -0.352 e. The second kappa shape index (κ2) is 9.50. The van der Waals surface area contributed by atoms with E-state index in [1.807, 2.05) is 41.3 Å². The van der Waals surface area contributed by atoms with Crippen molar-refractivity contribution in [3.63, 3.8) is 0 Å². The Morgan fingerprint density at radius 1 is 0.900 bits per heavy atom. The zero-order chi connectivity index (χ0) is 20.9. The second-order valence-corrected chi connectivity index (χ2v) is 8.22. The van der Waals surface area contributed by atoms with Crippen molar-refractivity contribution in [2.75, 3.05) is 31.1 Å². The Balaban J connectivity index is 1.42. The van der Waals surface area contributed by atoms with E-state index in [4.69, 9.17) is 23.2 Å². The molecule has 0 aliphatic carbocycles. The summed E-state index contributed by atoms with van der Waals surface area (Å²) in [4.78, 5) is 21.6. The Morgan fingerprint density at radius 2 is 1.60 bits per heavy atom. The van der Waals surface area contributed by atoms with Crippen molar-refractivity contribution in [2.24, 2.45) is 0 Å². The Morgan fingerprint density at radius 3 is 2.33 bits per heavy atom. The van der Waals surface area contributed by atoms with Crippen molar-refractivity contribution in [2.45, 2.75) is 12.8 Å². The van der Waals surface area contributed by atoms with E-state index < -0.39 is 0 Å². The number of halogens is 2. The Bertz CT molecular complexity index is 1020. The summed E-state index contributed by atoms with van der Waals surface area (Å²) < 4.78 is 0. The van der Waals surface area contributed by atoms with Crippen molar-refractivity contribution < 1.29 is 4.79 Å². The minimum absolute atomic E-state index is 0.0912. The number of hydrogen-bond donors (Lipinski definition) is 0. The van der Waals surface area contributed by atoms with Crippen LogP contribution in [0.4, 0.5) is 5.82 Å². The van der Waals surface area contributed by atoms with E-state index in [2.05, 4.69) is 28.1 Å². The molecule has 0 saturated carbocycles. The predicted octanol–water partition coefficient (Wildman–Crippen LogP) is 5.14. The molecule has 2 heterocycles. The van der Waals surface area contributed by atoms with Gasteiger partial charge in [0.15, 0.2) is 0 Å². The minimum atomic E-state index is 0.0912. The number of benzene rings is 2. The largest absolute Gasteiger partial charge is 0.352 e. The van der Waals surface area contributed by atoms with Crippen LogP contribution in [0, 0.1) is 0 Å². The Kier molecular flexibility index (Phi) is 6.56. The lowest BCUT2D eigenvalue weighted by Crippen LogP contribution is -2.49. The van der Waals surface area contributed by atoms with Crippen LogP contribution in [0.5, 0.6) is 0 Å². The van der Waals surface area contributed by atoms with Crippen molar-refractivity contribution in [3.8, 4) is 0 Å². The molecule has 2 aromatic carbocycles. The monoisotopic (exact) mass is 439 g/mol. The average molecular weight is 440 g/mol. The number of pyridine rings is 1. The quantitative estimate of drug-likeness (QED) is 0.552. The maximum absolute atomic E-state index is 13.2. The Hall–Kier alpha value is -2.56. The summed E-state index contributed by atoms with van der Waals surface area (Å²) in [5.74, 6) is 0.810. The standard InChI is InChI=1S/C24H23Cl2N3O/c25-20-16-22(26)23(27-17-20)28-12-14-29(15-13-28)24(30)21-9-5-4-8-19(21)11-10-18-6-2-1-3-7-18/h1-9,16-17H,10-15H2. The van der Waals surface area contributed by atoms with Crippen molar-refractivity contribution in [1.82, 2.24) is 9.88 Å². The first-order valence-electron chi connectivity index (χ1n) is 10.1. The summed E-state index contributed by atoms with van der Waals surface area (Å²) in [6.45, 7) is 2.64. The molecule has 1 aliphatic rings. The molecule has 4 rings (SSSR count). The van der Waals surface area contributed by atoms with Gasteiger partial charge in [-0.1, -0.05) is 71.7 Å². The first-order valence-corrected chi connectivity index (χ1v) is 10.8. The molecule has 1 fully saturated rings. The topological polar surface area (TPSA) is 36.4 Å². The zero-order valence-corrected chi connectivity index (χ0v) is 18.1. The first-order chi connectivity index (χ1) is 14.6. The van der Waals surface area contributed by atoms with E-state index in [-0.39, 0.29) is 5.91 Å². The SMILES string of the molecule is O=C(c1ccccc1CCc1ccccc1)N1CCN(c2ncc(Cl)cc2Cl)CC1. The number of amides is 1. The molecule has 1 aliphatic heterocycles. The van der Waals surface area contributed by atoms with Crippen LogP contribution in [-0.2, 0) is 12.8 Å². The summed E-state index contributed by atoms with van der Waals surface area (Å²) in [6.07, 6.45) is 3.36. The number of nitrogens with zero attached hydrogens (tertiary/aromatic N) is 3. The first kappa shape index (κ1) is 20.7. The molecular formula is C24H23Cl2N3O. The maximum Gasteiger partial charge on any atom is 0.254 e. The average Bonchev–Trinajstić information content (AvgIpc) is 2.78. The molecule has 0 N–H and O–H groups in total. The molecule has 0 radical (unpaired) electrons. The molecule has 0 spiro atoms. The number of anilines is 1. The lowest BCUT2D eigenvalue weighted by Gasteiger charge is -2.36. The van der Waals surface area contributed by atoms with Gasteiger partial charge in [0.1, 0.15) is 5.82 Å². The van der Waals surface area contributed by atoms with Crippen LogP contribution in [0.25, 0.3) is 0 Å². The van der Waals surface area contributed by atoms with E-state index in [1.54, 1.807) is 12.3 Å². The summed E-state index contributed by atoms with van der Waals surface area (Å²) in [6, 6.07) is 20.0. The molecule has 0 unspecified atom stereocenters. The van der Waals surface area contributed by atoms with Gasteiger partial charge in [-0.05, 0) is 36.1 Å². The van der Waals surface area contributed by atoms with Gasteiger partial charge in [-0.2, -0.15) is 0 Å². The van der Waals surface area contributed by atoms with E-state index >= 15 is 0 Å². The summed E-state index contributed by atoms with van der Waals surface area (Å²) >= 11 is 12.2. The lowest BCUT2D eigenvalue weighted by atomic mass is 9.99. The van der Waals surface area contributed by atoms with Gasteiger partial charge in [0.25, 0.3) is 5.91 Å². The fourth-order valence-electron chi connectivity index (χ4n) is 3.80. The molecule has 1 aromatic heterocycles. The third-order valence-corrected chi connectivity index (χ3v) is 5.91. The van der Waals surface area contributed by atoms with Crippen molar-refractivity contribution in [1.29, 1.82) is 0 Å². The van der Waals surface area contributed by atoms with Gasteiger partial charge in [0.2, 0.25) is 0 Å². The normalized spacial score (nSPS) is 14.1. The Labute approximate surface area is 187 Å². The number of carbonyl (C=O) groups excluding carboxylic acids is 1. The van der Waals surface area contributed by atoms with E-state index in [1.165, 1.54) is 5.56 Å². The number of aromatic nitrogens is 1. The van der Waals surface area contributed by atoms with Crippen molar-refractivity contribution in [3.05, 3.63) is 93.6 Å². The van der Waals surface area contributed by atoms with Crippen LogP contribution < -0.4 is 4.90 Å². The number of carbonyl (C=O) groups is 1. The van der Waals surface area contributed by atoms with Crippen molar-refractivity contribution >= 4 is 34.9 Å². The molecule has 6 heteroatoms. The maximum atomic E-state index is 13.2. The van der Waals surface area contributed by atoms with Crippen LogP contribution in [-0.4, -0.2) is 42.0 Å². The molecule has 1 saturated heterocycles. The molecule has 1 amide bonds. The summed E-state index contributed by atoms with van der Waals surface area (Å²) in [5, 5.41) is 1.05. The fraction of sp³-hybridized carbons (Fsp3) is 0.250. The summed E-state index contributed by atoms with van der Waals surface area (Å²) in [5.41, 5.74) is 3.17. The third kappa shape index (κ3) is 4.77. The van der Waals surface area contributed by atoms with Gasteiger partial charge >= 0.3 is 0 Å². The molecular weight excluding hydrogens is 417 g/mol. The highest BCUT2D eigenvalue weighted by atomic mass is 35.5. The third-order valence-electron chi connectivity index (χ3n) is 5.43. The van der Waals surface area contributed by atoms with Crippen LogP contribution in [0.1, 0.15) is 21.5 Å². The van der Waals surface area contributed by atoms with E-state index in [0.29, 0.717) is 36.2 Å². The molecule has 30 heavy (non-hydrogen) atoms. The fourth-order valence-corrected chi connectivity index (χ4v) is 4.30. The predicted molar refractivity (Wildman–Crippen MR) is 123 cm³/mol.